The van der Waals surface area contributed by atoms with Gasteiger partial charge in [0, 0.05) is 39.1 Å². The van der Waals surface area contributed by atoms with Crippen LogP contribution < -0.4 is 5.32 Å². The SMILES string of the molecule is CC1CCC(C(=O)N2CCC3(CC2)CC(NC(=O)N(C)C)C3)CC1. The van der Waals surface area contributed by atoms with E-state index >= 15 is 0 Å². The predicted molar refractivity (Wildman–Crippen MR) is 94.6 cm³/mol. The van der Waals surface area contributed by atoms with E-state index < -0.39 is 0 Å². The lowest BCUT2D eigenvalue weighted by atomic mass is 9.60. The molecule has 0 bridgehead atoms. The Bertz CT molecular complexity index is 467. The molecule has 1 heterocycles. The first-order valence-electron chi connectivity index (χ1n) is 9.65. The third kappa shape index (κ3) is 3.70. The second kappa shape index (κ2) is 6.93. The van der Waals surface area contributed by atoms with Gasteiger partial charge < -0.3 is 15.1 Å². The van der Waals surface area contributed by atoms with Gasteiger partial charge in [-0.3, -0.25) is 4.79 Å². The van der Waals surface area contributed by atoms with Crippen LogP contribution in [0.3, 0.4) is 0 Å². The number of rotatable bonds is 2. The molecular formula is C19H33N3O2. The van der Waals surface area contributed by atoms with Crippen LogP contribution in [0.15, 0.2) is 0 Å². The zero-order valence-corrected chi connectivity index (χ0v) is 15.5. The summed E-state index contributed by atoms with van der Waals surface area (Å²) in [6, 6.07) is 0.330. The van der Waals surface area contributed by atoms with Gasteiger partial charge in [-0.2, -0.15) is 0 Å². The molecule has 5 nitrogen and oxygen atoms in total. The van der Waals surface area contributed by atoms with Crippen molar-refractivity contribution >= 4 is 11.9 Å². The molecule has 0 aromatic carbocycles. The summed E-state index contributed by atoms with van der Waals surface area (Å²) < 4.78 is 0. The van der Waals surface area contributed by atoms with Crippen molar-refractivity contribution in [1.29, 1.82) is 0 Å². The first kappa shape index (κ1) is 17.6. The Morgan fingerprint density at radius 1 is 1.04 bits per heavy atom. The molecule has 2 aliphatic carbocycles. The fourth-order valence-corrected chi connectivity index (χ4v) is 4.77. The van der Waals surface area contributed by atoms with Gasteiger partial charge in [-0.05, 0) is 62.7 Å². The lowest BCUT2D eigenvalue weighted by Gasteiger charge is -2.52. The van der Waals surface area contributed by atoms with Gasteiger partial charge in [0.25, 0.3) is 0 Å². The van der Waals surface area contributed by atoms with Gasteiger partial charge in [0.1, 0.15) is 0 Å². The van der Waals surface area contributed by atoms with Gasteiger partial charge in [0.2, 0.25) is 5.91 Å². The summed E-state index contributed by atoms with van der Waals surface area (Å²) in [4.78, 5) is 28.2. The van der Waals surface area contributed by atoms with Gasteiger partial charge in [-0.1, -0.05) is 6.92 Å². The number of hydrogen-bond acceptors (Lipinski definition) is 2. The van der Waals surface area contributed by atoms with Gasteiger partial charge in [0.05, 0.1) is 0 Å². The van der Waals surface area contributed by atoms with Crippen LogP contribution in [0.2, 0.25) is 0 Å². The van der Waals surface area contributed by atoms with Gasteiger partial charge in [-0.25, -0.2) is 4.79 Å². The van der Waals surface area contributed by atoms with Crippen molar-refractivity contribution in [2.45, 2.75) is 64.3 Å². The van der Waals surface area contributed by atoms with E-state index in [0.29, 0.717) is 17.4 Å². The van der Waals surface area contributed by atoms with Crippen molar-refractivity contribution in [1.82, 2.24) is 15.1 Å². The zero-order chi connectivity index (χ0) is 17.3. The van der Waals surface area contributed by atoms with Crippen molar-refractivity contribution in [2.75, 3.05) is 27.2 Å². The van der Waals surface area contributed by atoms with E-state index in [1.54, 1.807) is 19.0 Å². The molecule has 0 atom stereocenters. The molecule has 3 aliphatic rings. The van der Waals surface area contributed by atoms with E-state index in [1.165, 1.54) is 12.8 Å². The highest BCUT2D eigenvalue weighted by Gasteiger charge is 2.47. The zero-order valence-electron chi connectivity index (χ0n) is 15.5. The Balaban J connectivity index is 1.42. The number of carbonyl (C=O) groups is 2. The van der Waals surface area contributed by atoms with E-state index in [1.807, 2.05) is 0 Å². The minimum atomic E-state index is 0.00832. The highest BCUT2D eigenvalue weighted by atomic mass is 16.2. The lowest BCUT2D eigenvalue weighted by Crippen LogP contribution is -2.57. The normalized spacial score (nSPS) is 29.9. The first-order valence-corrected chi connectivity index (χ1v) is 9.65. The molecule has 3 rings (SSSR count). The second-order valence-corrected chi connectivity index (χ2v) is 8.73. The summed E-state index contributed by atoms with van der Waals surface area (Å²) in [5.74, 6) is 1.49. The number of hydrogen-bond donors (Lipinski definition) is 1. The molecule has 3 amide bonds. The highest BCUT2D eigenvalue weighted by Crippen LogP contribution is 2.49. The Kier molecular flexibility index (Phi) is 5.07. The Labute approximate surface area is 146 Å². The summed E-state index contributed by atoms with van der Waals surface area (Å²) >= 11 is 0. The summed E-state index contributed by atoms with van der Waals surface area (Å²) in [6.07, 6.45) is 8.96. The quantitative estimate of drug-likeness (QED) is 0.843. The van der Waals surface area contributed by atoms with Crippen LogP contribution in [0, 0.1) is 17.3 Å². The summed E-state index contributed by atoms with van der Waals surface area (Å²) in [7, 11) is 3.56. The summed E-state index contributed by atoms with van der Waals surface area (Å²) in [5.41, 5.74) is 0.377. The van der Waals surface area contributed by atoms with Crippen LogP contribution in [0.5, 0.6) is 0 Å². The summed E-state index contributed by atoms with van der Waals surface area (Å²) in [5, 5.41) is 3.08. The predicted octanol–water partition coefficient (Wildman–Crippen LogP) is 2.86. The molecule has 1 spiro atoms. The lowest BCUT2D eigenvalue weighted by molar-refractivity contribution is -0.140. The molecule has 1 N–H and O–H groups in total. The molecule has 0 aromatic heterocycles. The van der Waals surface area contributed by atoms with Gasteiger partial charge in [0.15, 0.2) is 0 Å². The molecule has 136 valence electrons. The second-order valence-electron chi connectivity index (χ2n) is 8.73. The van der Waals surface area contributed by atoms with Crippen LogP contribution in [0.4, 0.5) is 4.79 Å². The molecule has 0 unspecified atom stereocenters. The Hall–Kier alpha value is -1.26. The standard InChI is InChI=1S/C19H33N3O2/c1-14-4-6-15(7-5-14)17(23)22-10-8-19(9-11-22)12-16(13-19)20-18(24)21(2)3/h14-16H,4-13H2,1-3H3,(H,20,24). The smallest absolute Gasteiger partial charge is 0.317 e. The Morgan fingerprint density at radius 3 is 2.17 bits per heavy atom. The number of carbonyl (C=O) groups excluding carboxylic acids is 2. The van der Waals surface area contributed by atoms with Crippen molar-refractivity contribution in [2.24, 2.45) is 17.3 Å². The number of likely N-dealkylation sites (tertiary alicyclic amines) is 1. The number of amides is 3. The molecule has 1 saturated heterocycles. The van der Waals surface area contributed by atoms with Crippen molar-refractivity contribution in [3.05, 3.63) is 0 Å². The monoisotopic (exact) mass is 335 g/mol. The largest absolute Gasteiger partial charge is 0.342 e. The molecule has 5 heteroatoms. The van der Waals surface area contributed by atoms with Crippen molar-refractivity contribution in [3.8, 4) is 0 Å². The van der Waals surface area contributed by atoms with E-state index in [0.717, 1.165) is 57.5 Å². The average molecular weight is 335 g/mol. The fraction of sp³-hybridized carbons (Fsp3) is 0.895. The number of nitrogens with one attached hydrogen (secondary N) is 1. The van der Waals surface area contributed by atoms with Crippen LogP contribution in [0.1, 0.15) is 58.3 Å². The van der Waals surface area contributed by atoms with E-state index in [-0.39, 0.29) is 11.9 Å². The van der Waals surface area contributed by atoms with Crippen LogP contribution in [-0.2, 0) is 4.79 Å². The van der Waals surface area contributed by atoms with Crippen molar-refractivity contribution in [3.63, 3.8) is 0 Å². The minimum absolute atomic E-state index is 0.00832. The fourth-order valence-electron chi connectivity index (χ4n) is 4.77. The molecule has 24 heavy (non-hydrogen) atoms. The third-order valence-electron chi connectivity index (χ3n) is 6.59. The van der Waals surface area contributed by atoms with Gasteiger partial charge in [-0.15, -0.1) is 0 Å². The van der Waals surface area contributed by atoms with Crippen LogP contribution in [0.25, 0.3) is 0 Å². The highest BCUT2D eigenvalue weighted by molar-refractivity contribution is 5.79. The summed E-state index contributed by atoms with van der Waals surface area (Å²) in [6.45, 7) is 4.13. The third-order valence-corrected chi connectivity index (χ3v) is 6.59. The maximum Gasteiger partial charge on any atom is 0.317 e. The topological polar surface area (TPSA) is 52.7 Å². The molecule has 2 saturated carbocycles. The van der Waals surface area contributed by atoms with Gasteiger partial charge >= 0.3 is 6.03 Å². The maximum atomic E-state index is 12.7. The maximum absolute atomic E-state index is 12.7. The molecule has 3 fully saturated rings. The van der Waals surface area contributed by atoms with E-state index in [2.05, 4.69) is 17.1 Å². The molecule has 0 radical (unpaired) electrons. The van der Waals surface area contributed by atoms with Crippen molar-refractivity contribution < 1.29 is 9.59 Å². The molecule has 0 aromatic rings. The number of piperidine rings is 1. The average Bonchev–Trinajstić information content (AvgIpc) is 2.54. The minimum Gasteiger partial charge on any atom is -0.342 e. The van der Waals surface area contributed by atoms with Crippen LogP contribution >= 0.6 is 0 Å². The Morgan fingerprint density at radius 2 is 1.62 bits per heavy atom. The first-order chi connectivity index (χ1) is 11.4. The molecule has 1 aliphatic heterocycles. The van der Waals surface area contributed by atoms with E-state index in [9.17, 15) is 9.59 Å². The number of nitrogens with zero attached hydrogens (tertiary/aromatic N) is 2. The van der Waals surface area contributed by atoms with Crippen LogP contribution in [-0.4, -0.2) is 55.0 Å². The molecular weight excluding hydrogens is 302 g/mol. The number of urea groups is 1. The van der Waals surface area contributed by atoms with E-state index in [4.69, 9.17) is 0 Å².